The van der Waals surface area contributed by atoms with E-state index in [2.05, 4.69) is 0 Å². The maximum atomic E-state index is 12.5. The Bertz CT molecular complexity index is 713. The summed E-state index contributed by atoms with van der Waals surface area (Å²) in [5.41, 5.74) is 0. The molecule has 2 aliphatic heterocycles. The zero-order chi connectivity index (χ0) is 15.3. The van der Waals surface area contributed by atoms with Crippen LogP contribution in [0.3, 0.4) is 0 Å². The summed E-state index contributed by atoms with van der Waals surface area (Å²) < 4.78 is 57.4. The van der Waals surface area contributed by atoms with E-state index in [4.69, 9.17) is 4.74 Å². The fraction of sp³-hybridized carbons (Fsp3) is 0.636. The van der Waals surface area contributed by atoms with Crippen LogP contribution in [0.1, 0.15) is 0 Å². The average Bonchev–Trinajstić information content (AvgIpc) is 3.05. The topological polar surface area (TPSA) is 84.0 Å². The molecule has 0 unspecified atom stereocenters. The summed E-state index contributed by atoms with van der Waals surface area (Å²) in [7, 11) is -5.47. The van der Waals surface area contributed by atoms with E-state index >= 15 is 0 Å². The zero-order valence-corrected chi connectivity index (χ0v) is 13.8. The third kappa shape index (κ3) is 2.64. The van der Waals surface area contributed by atoms with Gasteiger partial charge in [0.1, 0.15) is 4.21 Å². The van der Waals surface area contributed by atoms with Gasteiger partial charge >= 0.3 is 0 Å². The van der Waals surface area contributed by atoms with Crippen molar-refractivity contribution in [2.24, 2.45) is 0 Å². The number of likely N-dealkylation sites (N-methyl/N-ethyl adjacent to an activating group) is 1. The van der Waals surface area contributed by atoms with E-state index in [-0.39, 0.29) is 29.7 Å². The number of nitrogens with zero attached hydrogens (tertiary/aromatic N) is 2. The molecular weight excluding hydrogens is 336 g/mol. The summed E-state index contributed by atoms with van der Waals surface area (Å²) in [6.45, 7) is 0.409. The molecule has 2 fully saturated rings. The second-order valence-corrected chi connectivity index (χ2v) is 10.3. The molecule has 0 spiro atoms. The van der Waals surface area contributed by atoms with Gasteiger partial charge in [-0.2, -0.15) is 8.61 Å². The summed E-state index contributed by atoms with van der Waals surface area (Å²) in [5, 5.41) is 1.70. The first kappa shape index (κ1) is 15.4. The van der Waals surface area contributed by atoms with Crippen LogP contribution < -0.4 is 0 Å². The van der Waals surface area contributed by atoms with Crippen molar-refractivity contribution in [3.63, 3.8) is 0 Å². The molecule has 21 heavy (non-hydrogen) atoms. The number of fused-ring (bicyclic) bond motifs is 1. The fourth-order valence-corrected chi connectivity index (χ4v) is 6.45. The van der Waals surface area contributed by atoms with Crippen LogP contribution in [-0.2, 0) is 24.8 Å². The lowest BCUT2D eigenvalue weighted by Gasteiger charge is -2.23. The highest BCUT2D eigenvalue weighted by molar-refractivity contribution is 7.91. The van der Waals surface area contributed by atoms with E-state index in [1.54, 1.807) is 17.5 Å². The number of rotatable bonds is 2. The zero-order valence-electron chi connectivity index (χ0n) is 11.4. The normalized spacial score (nSPS) is 30.9. The maximum Gasteiger partial charge on any atom is 0.252 e. The molecule has 0 aromatic carbocycles. The Hall–Kier alpha value is -0.520. The van der Waals surface area contributed by atoms with E-state index in [1.807, 2.05) is 0 Å². The molecule has 7 nitrogen and oxygen atoms in total. The molecule has 0 radical (unpaired) electrons. The number of ether oxygens (including phenoxy) is 1. The average molecular weight is 352 g/mol. The van der Waals surface area contributed by atoms with Crippen molar-refractivity contribution >= 4 is 31.4 Å². The summed E-state index contributed by atoms with van der Waals surface area (Å²) in [4.78, 5) is 0. The molecule has 0 amide bonds. The molecule has 0 bridgehead atoms. The van der Waals surface area contributed by atoms with Crippen LogP contribution >= 0.6 is 11.3 Å². The predicted molar refractivity (Wildman–Crippen MR) is 78.2 cm³/mol. The van der Waals surface area contributed by atoms with Crippen molar-refractivity contribution in [1.29, 1.82) is 0 Å². The Labute approximate surface area is 128 Å². The molecule has 0 saturated carbocycles. The van der Waals surface area contributed by atoms with Gasteiger partial charge in [0, 0.05) is 20.1 Å². The maximum absolute atomic E-state index is 12.5. The number of hydrogen-bond donors (Lipinski definition) is 0. The monoisotopic (exact) mass is 352 g/mol. The van der Waals surface area contributed by atoms with Crippen molar-refractivity contribution in [1.82, 2.24) is 8.61 Å². The third-order valence-electron chi connectivity index (χ3n) is 3.87. The van der Waals surface area contributed by atoms with Crippen LogP contribution in [0.2, 0.25) is 0 Å². The first-order chi connectivity index (χ1) is 9.82. The number of thiophene rings is 1. The second kappa shape index (κ2) is 5.28. The summed E-state index contributed by atoms with van der Waals surface area (Å²) in [6.07, 6.45) is -0.415. The fourth-order valence-electron chi connectivity index (χ4n) is 2.62. The largest absolute Gasteiger partial charge is 0.374 e. The molecule has 2 atom stereocenters. The lowest BCUT2D eigenvalue weighted by Crippen LogP contribution is -2.43. The molecule has 0 N–H and O–H groups in total. The Balaban J connectivity index is 1.88. The molecule has 3 rings (SSSR count). The van der Waals surface area contributed by atoms with Gasteiger partial charge in [0.2, 0.25) is 10.0 Å². The van der Waals surface area contributed by atoms with E-state index < -0.39 is 32.2 Å². The Morgan fingerprint density at radius 1 is 1.38 bits per heavy atom. The minimum absolute atomic E-state index is 0.0613. The summed E-state index contributed by atoms with van der Waals surface area (Å²) in [5.74, 6) is -0.0613. The quantitative estimate of drug-likeness (QED) is 0.735. The molecule has 2 aliphatic rings. The van der Waals surface area contributed by atoms with Crippen molar-refractivity contribution in [3.05, 3.63) is 17.5 Å². The standard InChI is InChI=1S/C11H16N2O5S3/c1-12-9-7-13(21(16,17)11-3-2-5-19-11)8-10(9)18-4-6-20(12,14)15/h2-3,5,9-10H,4,6-8H2,1H3/t9-,10+/m1/s1. The second-order valence-electron chi connectivity index (χ2n) is 5.06. The number of hydrogen-bond acceptors (Lipinski definition) is 6. The van der Waals surface area contributed by atoms with Gasteiger partial charge in [0.25, 0.3) is 10.0 Å². The van der Waals surface area contributed by atoms with Gasteiger partial charge in [0.15, 0.2) is 0 Å². The minimum atomic E-state index is -3.58. The Morgan fingerprint density at radius 3 is 2.81 bits per heavy atom. The smallest absolute Gasteiger partial charge is 0.252 e. The highest BCUT2D eigenvalue weighted by atomic mass is 32.2. The van der Waals surface area contributed by atoms with Crippen LogP contribution in [-0.4, -0.2) is 70.1 Å². The third-order valence-corrected chi connectivity index (χ3v) is 8.91. The molecule has 118 valence electrons. The van der Waals surface area contributed by atoms with E-state index in [0.717, 1.165) is 11.3 Å². The molecule has 1 aromatic rings. The molecule has 10 heteroatoms. The van der Waals surface area contributed by atoms with Gasteiger partial charge in [-0.3, -0.25) is 0 Å². The van der Waals surface area contributed by atoms with Crippen molar-refractivity contribution in [3.8, 4) is 0 Å². The molecular formula is C11H16N2O5S3. The number of sulfonamides is 2. The van der Waals surface area contributed by atoms with Gasteiger partial charge in [-0.25, -0.2) is 16.8 Å². The lowest BCUT2D eigenvalue weighted by molar-refractivity contribution is 0.0527. The molecule has 2 saturated heterocycles. The predicted octanol–water partition coefficient (Wildman–Crippen LogP) is -0.219. The molecule has 3 heterocycles. The van der Waals surface area contributed by atoms with E-state index in [1.165, 1.54) is 15.7 Å². The molecule has 0 aliphatic carbocycles. The van der Waals surface area contributed by atoms with E-state index in [0.29, 0.717) is 0 Å². The van der Waals surface area contributed by atoms with E-state index in [9.17, 15) is 16.8 Å². The minimum Gasteiger partial charge on any atom is -0.374 e. The van der Waals surface area contributed by atoms with Crippen LogP contribution in [0.4, 0.5) is 0 Å². The summed E-state index contributed by atoms with van der Waals surface area (Å²) in [6, 6.07) is 2.76. The van der Waals surface area contributed by atoms with Crippen molar-refractivity contribution < 1.29 is 21.6 Å². The SMILES string of the molecule is CN1[C@@H]2CN(S(=O)(=O)c3cccs3)C[C@@H]2OCCS1(=O)=O. The van der Waals surface area contributed by atoms with Gasteiger partial charge < -0.3 is 4.74 Å². The van der Waals surface area contributed by atoms with Crippen molar-refractivity contribution in [2.45, 2.75) is 16.4 Å². The summed E-state index contributed by atoms with van der Waals surface area (Å²) >= 11 is 1.15. The lowest BCUT2D eigenvalue weighted by atomic mass is 10.2. The van der Waals surface area contributed by atoms with Crippen LogP contribution in [0, 0.1) is 0 Å². The highest BCUT2D eigenvalue weighted by Crippen LogP contribution is 2.29. The first-order valence-corrected chi connectivity index (χ1v) is 10.4. The van der Waals surface area contributed by atoms with Gasteiger partial charge in [-0.1, -0.05) is 6.07 Å². The van der Waals surface area contributed by atoms with Crippen LogP contribution in [0.25, 0.3) is 0 Å². The van der Waals surface area contributed by atoms with Gasteiger partial charge in [-0.05, 0) is 11.4 Å². The van der Waals surface area contributed by atoms with Crippen molar-refractivity contribution in [2.75, 3.05) is 32.5 Å². The van der Waals surface area contributed by atoms with Gasteiger partial charge in [-0.15, -0.1) is 11.3 Å². The molecule has 1 aromatic heterocycles. The first-order valence-electron chi connectivity index (χ1n) is 6.43. The Kier molecular flexibility index (Phi) is 3.87. The Morgan fingerprint density at radius 2 is 2.14 bits per heavy atom. The van der Waals surface area contributed by atoms with Crippen LogP contribution in [0.15, 0.2) is 21.7 Å². The highest BCUT2D eigenvalue weighted by Gasteiger charge is 2.46. The van der Waals surface area contributed by atoms with Crippen LogP contribution in [0.5, 0.6) is 0 Å². The van der Waals surface area contributed by atoms with Gasteiger partial charge in [0.05, 0.1) is 24.5 Å².